The van der Waals surface area contributed by atoms with Crippen LogP contribution >= 0.6 is 11.3 Å². The molecule has 0 unspecified atom stereocenters. The predicted octanol–water partition coefficient (Wildman–Crippen LogP) is 3.26. The molecule has 1 aromatic carbocycles. The van der Waals surface area contributed by atoms with E-state index in [9.17, 15) is 14.0 Å². The molecule has 168 valence electrons. The Balaban J connectivity index is 1.95. The SMILES string of the molecule is COc1ccc(F)cc1CCn1c(=O)n(C(C)(C)C)c(=O)c2c(C)c(-n3nccn3)sc21. The fourth-order valence-corrected chi connectivity index (χ4v) is 5.05. The van der Waals surface area contributed by atoms with E-state index in [1.165, 1.54) is 39.9 Å². The second-order valence-electron chi connectivity index (χ2n) is 8.48. The number of thiophene rings is 1. The van der Waals surface area contributed by atoms with Gasteiger partial charge in [-0.3, -0.25) is 13.9 Å². The van der Waals surface area contributed by atoms with Crippen LogP contribution in [0.4, 0.5) is 4.39 Å². The Morgan fingerprint density at radius 2 is 1.84 bits per heavy atom. The van der Waals surface area contributed by atoms with Gasteiger partial charge in [-0.2, -0.15) is 10.2 Å². The summed E-state index contributed by atoms with van der Waals surface area (Å²) in [6, 6.07) is 4.30. The number of hydrogen-bond donors (Lipinski definition) is 0. The van der Waals surface area contributed by atoms with Crippen molar-refractivity contribution >= 4 is 21.6 Å². The molecule has 3 aromatic heterocycles. The number of halogens is 1. The summed E-state index contributed by atoms with van der Waals surface area (Å²) in [6.07, 6.45) is 3.46. The zero-order valence-corrected chi connectivity index (χ0v) is 19.4. The maximum absolute atomic E-state index is 13.8. The third-order valence-electron chi connectivity index (χ3n) is 5.31. The average molecular weight is 458 g/mol. The molecule has 0 saturated carbocycles. The highest BCUT2D eigenvalue weighted by Crippen LogP contribution is 2.31. The van der Waals surface area contributed by atoms with Gasteiger partial charge in [-0.1, -0.05) is 11.3 Å². The van der Waals surface area contributed by atoms with Gasteiger partial charge < -0.3 is 4.74 Å². The Morgan fingerprint density at radius 3 is 2.47 bits per heavy atom. The standard InChI is InChI=1S/C22H24FN5O3S/c1-13-17-18(29)27(22(2,3)4)21(30)26(20(17)32-19(13)28-24-9-10-25-28)11-8-14-12-15(23)6-7-16(14)31-5/h6-7,9-10,12H,8,11H2,1-5H3. The van der Waals surface area contributed by atoms with Crippen LogP contribution in [-0.4, -0.2) is 31.2 Å². The first-order valence-corrected chi connectivity index (χ1v) is 10.9. The van der Waals surface area contributed by atoms with Gasteiger partial charge >= 0.3 is 5.69 Å². The molecule has 0 radical (unpaired) electrons. The fraction of sp³-hybridized carbons (Fsp3) is 0.364. The van der Waals surface area contributed by atoms with Crippen LogP contribution in [0.15, 0.2) is 40.2 Å². The van der Waals surface area contributed by atoms with Crippen molar-refractivity contribution in [2.45, 2.75) is 46.2 Å². The largest absolute Gasteiger partial charge is 0.496 e. The number of hydrogen-bond acceptors (Lipinski definition) is 6. The second-order valence-corrected chi connectivity index (χ2v) is 9.46. The Labute approximate surface area is 187 Å². The number of methoxy groups -OCH3 is 1. The summed E-state index contributed by atoms with van der Waals surface area (Å²) in [7, 11) is 1.52. The van der Waals surface area contributed by atoms with Gasteiger partial charge in [0.1, 0.15) is 21.4 Å². The summed E-state index contributed by atoms with van der Waals surface area (Å²) >= 11 is 1.29. The van der Waals surface area contributed by atoms with Gasteiger partial charge in [0.15, 0.2) is 0 Å². The van der Waals surface area contributed by atoms with E-state index in [1.54, 1.807) is 23.0 Å². The number of aromatic nitrogens is 5. The first-order chi connectivity index (χ1) is 15.1. The highest BCUT2D eigenvalue weighted by atomic mass is 32.1. The Bertz CT molecular complexity index is 1410. The number of nitrogens with zero attached hydrogens (tertiary/aromatic N) is 5. The van der Waals surface area contributed by atoms with Crippen LogP contribution in [0.5, 0.6) is 5.75 Å². The minimum Gasteiger partial charge on any atom is -0.496 e. The summed E-state index contributed by atoms with van der Waals surface area (Å²) in [5.41, 5.74) is -0.125. The molecule has 3 heterocycles. The molecular weight excluding hydrogens is 433 g/mol. The molecule has 0 atom stereocenters. The van der Waals surface area contributed by atoms with E-state index in [-0.39, 0.29) is 17.9 Å². The van der Waals surface area contributed by atoms with Gasteiger partial charge in [0.25, 0.3) is 5.56 Å². The third kappa shape index (κ3) is 3.64. The number of benzene rings is 1. The van der Waals surface area contributed by atoms with Crippen LogP contribution in [0.25, 0.3) is 15.2 Å². The lowest BCUT2D eigenvalue weighted by Crippen LogP contribution is -2.47. The van der Waals surface area contributed by atoms with E-state index < -0.39 is 11.2 Å². The molecule has 0 aliphatic heterocycles. The van der Waals surface area contributed by atoms with Crippen LogP contribution in [0, 0.1) is 12.7 Å². The van der Waals surface area contributed by atoms with Gasteiger partial charge in [-0.25, -0.2) is 9.18 Å². The molecular formula is C22H24FN5O3S. The third-order valence-corrected chi connectivity index (χ3v) is 6.59. The van der Waals surface area contributed by atoms with Crippen LogP contribution in [0.3, 0.4) is 0 Å². The Kier molecular flexibility index (Phi) is 5.49. The summed E-state index contributed by atoms with van der Waals surface area (Å²) < 4.78 is 22.0. The van der Waals surface area contributed by atoms with Gasteiger partial charge in [-0.15, -0.1) is 4.80 Å². The number of aryl methyl sites for hydroxylation is 3. The van der Waals surface area contributed by atoms with Gasteiger partial charge in [-0.05, 0) is 57.9 Å². The Morgan fingerprint density at radius 1 is 1.16 bits per heavy atom. The maximum atomic E-state index is 13.8. The minimum atomic E-state index is -0.723. The van der Waals surface area contributed by atoms with Gasteiger partial charge in [0.2, 0.25) is 0 Å². The van der Waals surface area contributed by atoms with E-state index in [0.717, 1.165) is 0 Å². The molecule has 0 amide bonds. The number of ether oxygens (including phenoxy) is 1. The van der Waals surface area contributed by atoms with Crippen molar-refractivity contribution in [2.75, 3.05) is 7.11 Å². The van der Waals surface area contributed by atoms with Crippen molar-refractivity contribution in [1.82, 2.24) is 24.1 Å². The zero-order chi connectivity index (χ0) is 23.2. The molecule has 0 N–H and O–H groups in total. The smallest absolute Gasteiger partial charge is 0.332 e. The van der Waals surface area contributed by atoms with E-state index >= 15 is 0 Å². The quantitative estimate of drug-likeness (QED) is 0.459. The van der Waals surface area contributed by atoms with Crippen molar-refractivity contribution in [1.29, 1.82) is 0 Å². The molecule has 0 fully saturated rings. The predicted molar refractivity (Wildman–Crippen MR) is 122 cm³/mol. The van der Waals surface area contributed by atoms with E-state index in [0.29, 0.717) is 38.5 Å². The topological polar surface area (TPSA) is 83.9 Å². The normalized spacial score (nSPS) is 11.9. The first kappa shape index (κ1) is 21.9. The lowest BCUT2D eigenvalue weighted by atomic mass is 10.1. The molecule has 10 heteroatoms. The van der Waals surface area contributed by atoms with Crippen molar-refractivity contribution in [3.8, 4) is 10.8 Å². The molecule has 4 aromatic rings. The van der Waals surface area contributed by atoms with E-state index in [2.05, 4.69) is 10.2 Å². The highest BCUT2D eigenvalue weighted by Gasteiger charge is 2.26. The summed E-state index contributed by atoms with van der Waals surface area (Å²) in [5.74, 6) is 0.167. The van der Waals surface area contributed by atoms with Gasteiger partial charge in [0.05, 0.1) is 24.9 Å². The minimum absolute atomic E-state index is 0.247. The van der Waals surface area contributed by atoms with Crippen molar-refractivity contribution in [3.63, 3.8) is 0 Å². The zero-order valence-electron chi connectivity index (χ0n) is 18.5. The molecule has 8 nitrogen and oxygen atoms in total. The molecule has 4 rings (SSSR count). The molecule has 32 heavy (non-hydrogen) atoms. The Hall–Kier alpha value is -3.27. The fourth-order valence-electron chi connectivity index (χ4n) is 3.81. The monoisotopic (exact) mass is 457 g/mol. The molecule has 0 spiro atoms. The van der Waals surface area contributed by atoms with Crippen molar-refractivity contribution < 1.29 is 9.13 Å². The average Bonchev–Trinajstić information content (AvgIpc) is 3.35. The maximum Gasteiger partial charge on any atom is 0.332 e. The molecule has 0 aliphatic rings. The summed E-state index contributed by atoms with van der Waals surface area (Å²) in [6.45, 7) is 7.53. The van der Waals surface area contributed by atoms with Crippen LogP contribution in [0.1, 0.15) is 31.9 Å². The van der Waals surface area contributed by atoms with E-state index in [4.69, 9.17) is 4.74 Å². The van der Waals surface area contributed by atoms with Crippen LogP contribution in [-0.2, 0) is 18.5 Å². The van der Waals surface area contributed by atoms with E-state index in [1.807, 2.05) is 27.7 Å². The number of rotatable bonds is 5. The highest BCUT2D eigenvalue weighted by molar-refractivity contribution is 7.21. The van der Waals surface area contributed by atoms with Gasteiger partial charge in [0, 0.05) is 17.6 Å². The van der Waals surface area contributed by atoms with Crippen molar-refractivity contribution in [2.24, 2.45) is 0 Å². The lowest BCUT2D eigenvalue weighted by Gasteiger charge is -2.23. The summed E-state index contributed by atoms with van der Waals surface area (Å²) in [4.78, 5) is 28.9. The van der Waals surface area contributed by atoms with Crippen LogP contribution in [0.2, 0.25) is 0 Å². The van der Waals surface area contributed by atoms with Crippen molar-refractivity contribution in [3.05, 3.63) is 68.4 Å². The first-order valence-electron chi connectivity index (χ1n) is 10.1. The number of fused-ring (bicyclic) bond motifs is 1. The lowest BCUT2D eigenvalue weighted by molar-refractivity contribution is 0.358. The second kappa shape index (κ2) is 8.01. The molecule has 0 saturated heterocycles. The van der Waals surface area contributed by atoms with Crippen LogP contribution < -0.4 is 16.0 Å². The summed E-state index contributed by atoms with van der Waals surface area (Å²) in [5, 5.41) is 9.50. The molecule has 0 bridgehead atoms. The molecule has 0 aliphatic carbocycles.